The van der Waals surface area contributed by atoms with Crippen LogP contribution >= 0.6 is 35.0 Å². The van der Waals surface area contributed by atoms with E-state index >= 15 is 0 Å². The van der Waals surface area contributed by atoms with Crippen LogP contribution in [0.15, 0.2) is 18.2 Å². The summed E-state index contributed by atoms with van der Waals surface area (Å²) < 4.78 is 0. The van der Waals surface area contributed by atoms with Crippen LogP contribution in [-0.2, 0) is 10.5 Å². The molecule has 0 aromatic heterocycles. The second kappa shape index (κ2) is 7.85. The number of carbonyl (C=O) groups excluding carboxylic acids is 1. The minimum Gasteiger partial charge on any atom is -0.355 e. The Labute approximate surface area is 116 Å². The molecule has 1 amide bonds. The van der Waals surface area contributed by atoms with E-state index in [2.05, 4.69) is 5.32 Å². The first-order valence-corrected chi connectivity index (χ1v) is 7.33. The van der Waals surface area contributed by atoms with Crippen molar-refractivity contribution in [2.45, 2.75) is 19.1 Å². The average Bonchev–Trinajstić information content (AvgIpc) is 2.30. The van der Waals surface area contributed by atoms with Gasteiger partial charge in [-0.05, 0) is 24.1 Å². The molecule has 0 unspecified atom stereocenters. The molecule has 94 valence electrons. The predicted octanol–water partition coefficient (Wildman–Crippen LogP) is 3.75. The van der Waals surface area contributed by atoms with Crippen LogP contribution in [0.5, 0.6) is 0 Å². The van der Waals surface area contributed by atoms with Gasteiger partial charge in [-0.2, -0.15) is 0 Å². The SMILES string of the molecule is CCCNC(=O)CSCc1c(Cl)cccc1Cl. The third kappa shape index (κ3) is 5.19. The summed E-state index contributed by atoms with van der Waals surface area (Å²) in [4.78, 5) is 11.4. The normalized spacial score (nSPS) is 10.3. The summed E-state index contributed by atoms with van der Waals surface area (Å²) in [6, 6.07) is 5.42. The minimum atomic E-state index is 0.0556. The summed E-state index contributed by atoms with van der Waals surface area (Å²) in [5, 5.41) is 4.13. The minimum absolute atomic E-state index is 0.0556. The van der Waals surface area contributed by atoms with Gasteiger partial charge in [0.05, 0.1) is 5.75 Å². The van der Waals surface area contributed by atoms with Gasteiger partial charge in [0.2, 0.25) is 5.91 Å². The second-order valence-corrected chi connectivity index (χ2v) is 5.34. The Morgan fingerprint density at radius 1 is 1.35 bits per heavy atom. The summed E-state index contributed by atoms with van der Waals surface area (Å²) in [5.41, 5.74) is 0.893. The van der Waals surface area contributed by atoms with E-state index in [1.54, 1.807) is 12.1 Å². The molecule has 17 heavy (non-hydrogen) atoms. The lowest BCUT2D eigenvalue weighted by molar-refractivity contribution is -0.118. The molecular formula is C12H15Cl2NOS. The lowest BCUT2D eigenvalue weighted by Crippen LogP contribution is -2.25. The molecule has 0 bridgehead atoms. The zero-order valence-corrected chi connectivity index (χ0v) is 12.0. The van der Waals surface area contributed by atoms with Crippen molar-refractivity contribution in [2.24, 2.45) is 0 Å². The van der Waals surface area contributed by atoms with Gasteiger partial charge in [0.15, 0.2) is 0 Å². The number of thioether (sulfide) groups is 1. The predicted molar refractivity (Wildman–Crippen MR) is 75.9 cm³/mol. The topological polar surface area (TPSA) is 29.1 Å². The Kier molecular flexibility index (Phi) is 6.78. The van der Waals surface area contributed by atoms with Crippen LogP contribution in [0.4, 0.5) is 0 Å². The van der Waals surface area contributed by atoms with E-state index in [1.807, 2.05) is 13.0 Å². The number of hydrogen-bond donors (Lipinski definition) is 1. The van der Waals surface area contributed by atoms with E-state index in [0.29, 0.717) is 21.6 Å². The van der Waals surface area contributed by atoms with Crippen molar-refractivity contribution in [3.63, 3.8) is 0 Å². The zero-order chi connectivity index (χ0) is 12.7. The highest BCUT2D eigenvalue weighted by atomic mass is 35.5. The van der Waals surface area contributed by atoms with Crippen molar-refractivity contribution >= 4 is 40.9 Å². The fourth-order valence-electron chi connectivity index (χ4n) is 1.23. The first kappa shape index (κ1) is 14.7. The van der Waals surface area contributed by atoms with Gasteiger partial charge in [-0.3, -0.25) is 4.79 Å². The molecule has 1 rings (SSSR count). The molecule has 0 aliphatic rings. The molecule has 0 radical (unpaired) electrons. The van der Waals surface area contributed by atoms with E-state index in [0.717, 1.165) is 18.5 Å². The van der Waals surface area contributed by atoms with E-state index in [9.17, 15) is 4.79 Å². The molecule has 1 N–H and O–H groups in total. The van der Waals surface area contributed by atoms with Crippen molar-refractivity contribution in [2.75, 3.05) is 12.3 Å². The number of rotatable bonds is 6. The highest BCUT2D eigenvalue weighted by Gasteiger charge is 2.07. The fraction of sp³-hybridized carbons (Fsp3) is 0.417. The molecule has 1 aromatic carbocycles. The summed E-state index contributed by atoms with van der Waals surface area (Å²) in [6.45, 7) is 2.75. The van der Waals surface area contributed by atoms with Crippen LogP contribution < -0.4 is 5.32 Å². The standard InChI is InChI=1S/C12H15Cl2NOS/c1-2-6-15-12(16)8-17-7-9-10(13)4-3-5-11(9)14/h3-5H,2,6-8H2,1H3,(H,15,16). The number of hydrogen-bond acceptors (Lipinski definition) is 2. The number of carbonyl (C=O) groups is 1. The molecule has 0 aliphatic carbocycles. The Bertz CT molecular complexity index is 365. The molecule has 0 heterocycles. The first-order chi connectivity index (χ1) is 8.15. The molecule has 0 spiro atoms. The molecule has 2 nitrogen and oxygen atoms in total. The van der Waals surface area contributed by atoms with Crippen molar-refractivity contribution in [3.8, 4) is 0 Å². The number of nitrogens with one attached hydrogen (secondary N) is 1. The van der Waals surface area contributed by atoms with Crippen LogP contribution in [0, 0.1) is 0 Å². The maximum absolute atomic E-state index is 11.4. The highest BCUT2D eigenvalue weighted by Crippen LogP contribution is 2.27. The number of amides is 1. The van der Waals surface area contributed by atoms with Gasteiger partial charge in [-0.15, -0.1) is 11.8 Å². The Morgan fingerprint density at radius 3 is 2.59 bits per heavy atom. The van der Waals surface area contributed by atoms with Crippen LogP contribution in [0.25, 0.3) is 0 Å². The molecule has 0 fully saturated rings. The van der Waals surface area contributed by atoms with Gasteiger partial charge >= 0.3 is 0 Å². The van der Waals surface area contributed by atoms with Crippen LogP contribution in [0.1, 0.15) is 18.9 Å². The molecule has 1 aromatic rings. The molecule has 0 aliphatic heterocycles. The summed E-state index contributed by atoms with van der Waals surface area (Å²) in [7, 11) is 0. The second-order valence-electron chi connectivity index (χ2n) is 3.54. The summed E-state index contributed by atoms with van der Waals surface area (Å²) in [5.74, 6) is 1.14. The fourth-order valence-corrected chi connectivity index (χ4v) is 2.83. The average molecular weight is 292 g/mol. The smallest absolute Gasteiger partial charge is 0.230 e. The monoisotopic (exact) mass is 291 g/mol. The summed E-state index contributed by atoms with van der Waals surface area (Å²) in [6.07, 6.45) is 0.951. The third-order valence-electron chi connectivity index (χ3n) is 2.11. The van der Waals surface area contributed by atoms with E-state index in [-0.39, 0.29) is 5.91 Å². The number of benzene rings is 1. The van der Waals surface area contributed by atoms with Crippen LogP contribution in [-0.4, -0.2) is 18.2 Å². The van der Waals surface area contributed by atoms with Crippen LogP contribution in [0.2, 0.25) is 10.0 Å². The van der Waals surface area contributed by atoms with Gasteiger partial charge in [0.25, 0.3) is 0 Å². The van der Waals surface area contributed by atoms with Crippen molar-refractivity contribution < 1.29 is 4.79 Å². The van der Waals surface area contributed by atoms with Crippen molar-refractivity contribution in [3.05, 3.63) is 33.8 Å². The van der Waals surface area contributed by atoms with Crippen molar-refractivity contribution in [1.29, 1.82) is 0 Å². The lowest BCUT2D eigenvalue weighted by atomic mass is 10.2. The molecule has 5 heteroatoms. The molecule has 0 saturated carbocycles. The zero-order valence-electron chi connectivity index (χ0n) is 9.63. The Morgan fingerprint density at radius 2 is 2.00 bits per heavy atom. The van der Waals surface area contributed by atoms with Gasteiger partial charge in [0, 0.05) is 22.3 Å². The summed E-state index contributed by atoms with van der Waals surface area (Å²) >= 11 is 13.6. The molecule has 0 saturated heterocycles. The largest absolute Gasteiger partial charge is 0.355 e. The van der Waals surface area contributed by atoms with Gasteiger partial charge < -0.3 is 5.32 Å². The Balaban J connectivity index is 2.38. The van der Waals surface area contributed by atoms with E-state index in [1.165, 1.54) is 11.8 Å². The molecule has 0 atom stereocenters. The van der Waals surface area contributed by atoms with E-state index < -0.39 is 0 Å². The lowest BCUT2D eigenvalue weighted by Gasteiger charge is -2.07. The van der Waals surface area contributed by atoms with Crippen molar-refractivity contribution in [1.82, 2.24) is 5.32 Å². The first-order valence-electron chi connectivity index (χ1n) is 5.42. The molecular weight excluding hydrogens is 277 g/mol. The Hall–Kier alpha value is -0.380. The third-order valence-corrected chi connectivity index (χ3v) is 3.78. The van der Waals surface area contributed by atoms with Gasteiger partial charge in [0.1, 0.15) is 0 Å². The van der Waals surface area contributed by atoms with Gasteiger partial charge in [-0.25, -0.2) is 0 Å². The van der Waals surface area contributed by atoms with E-state index in [4.69, 9.17) is 23.2 Å². The quantitative estimate of drug-likeness (QED) is 0.865. The maximum atomic E-state index is 11.4. The van der Waals surface area contributed by atoms with Gasteiger partial charge in [-0.1, -0.05) is 36.2 Å². The number of halogens is 2. The maximum Gasteiger partial charge on any atom is 0.230 e. The van der Waals surface area contributed by atoms with Crippen LogP contribution in [0.3, 0.4) is 0 Å². The highest BCUT2D eigenvalue weighted by molar-refractivity contribution is 7.99.